The van der Waals surface area contributed by atoms with E-state index in [-0.39, 0.29) is 35.6 Å². The Hall–Kier alpha value is -2.42. The molecule has 0 atom stereocenters. The minimum atomic E-state index is -2.91. The predicted octanol–water partition coefficient (Wildman–Crippen LogP) is 3.49. The Morgan fingerprint density at radius 3 is 2.52 bits per heavy atom. The summed E-state index contributed by atoms with van der Waals surface area (Å²) >= 11 is 0.796. The molecule has 1 fully saturated rings. The summed E-state index contributed by atoms with van der Waals surface area (Å²) in [7, 11) is 0. The zero-order valence-corrected chi connectivity index (χ0v) is 15.7. The number of amides is 3. The van der Waals surface area contributed by atoms with Crippen LogP contribution < -0.4 is 10.1 Å². The minimum Gasteiger partial charge on any atom is -0.435 e. The molecule has 1 saturated heterocycles. The van der Waals surface area contributed by atoms with Gasteiger partial charge in [0, 0.05) is 19.5 Å². The van der Waals surface area contributed by atoms with Crippen molar-refractivity contribution in [3.63, 3.8) is 0 Å². The average molecular weight is 398 g/mol. The molecule has 1 aromatic carbocycles. The smallest absolute Gasteiger partial charge is 0.387 e. The van der Waals surface area contributed by atoms with Gasteiger partial charge in [0.25, 0.3) is 11.1 Å². The lowest BCUT2D eigenvalue weighted by atomic mass is 10.1. The van der Waals surface area contributed by atoms with Crippen LogP contribution in [0.4, 0.5) is 13.6 Å². The van der Waals surface area contributed by atoms with Gasteiger partial charge in [0.2, 0.25) is 5.91 Å². The highest BCUT2D eigenvalue weighted by Crippen LogP contribution is 2.32. The first-order valence-corrected chi connectivity index (χ1v) is 9.15. The maximum absolute atomic E-state index is 12.4. The number of nitrogens with one attached hydrogen (secondary N) is 1. The van der Waals surface area contributed by atoms with E-state index < -0.39 is 17.8 Å². The second-order valence-electron chi connectivity index (χ2n) is 6.23. The van der Waals surface area contributed by atoms with E-state index in [0.717, 1.165) is 16.7 Å². The second kappa shape index (κ2) is 9.50. The molecular weight excluding hydrogens is 378 g/mol. The summed E-state index contributed by atoms with van der Waals surface area (Å²) in [4.78, 5) is 37.3. The van der Waals surface area contributed by atoms with Crippen molar-refractivity contribution in [3.05, 3.63) is 34.7 Å². The van der Waals surface area contributed by atoms with Crippen LogP contribution in [0.25, 0.3) is 6.08 Å². The Bertz CT molecular complexity index is 735. The summed E-state index contributed by atoms with van der Waals surface area (Å²) in [6, 6.07) is 5.73. The third-order valence-corrected chi connectivity index (χ3v) is 4.44. The van der Waals surface area contributed by atoms with Gasteiger partial charge in [-0.2, -0.15) is 8.78 Å². The summed E-state index contributed by atoms with van der Waals surface area (Å²) in [6.07, 6.45) is 1.89. The number of hydrogen-bond donors (Lipinski definition) is 1. The molecule has 146 valence electrons. The van der Waals surface area contributed by atoms with Crippen LogP contribution >= 0.6 is 11.8 Å². The summed E-state index contributed by atoms with van der Waals surface area (Å²) < 4.78 is 28.6. The molecule has 0 radical (unpaired) electrons. The highest BCUT2D eigenvalue weighted by Gasteiger charge is 2.34. The molecule has 1 heterocycles. The summed E-state index contributed by atoms with van der Waals surface area (Å²) in [6.45, 7) is 1.22. The first kappa shape index (κ1) is 20.9. The van der Waals surface area contributed by atoms with Crippen LogP contribution in [-0.2, 0) is 9.59 Å². The van der Waals surface area contributed by atoms with Crippen molar-refractivity contribution < 1.29 is 27.9 Å². The fraction of sp³-hybridized carbons (Fsp3) is 0.389. The Kier molecular flexibility index (Phi) is 7.35. The first-order valence-electron chi connectivity index (χ1n) is 8.33. The number of thioether (sulfide) groups is 1. The van der Waals surface area contributed by atoms with E-state index in [1.54, 1.807) is 0 Å². The van der Waals surface area contributed by atoms with Crippen LogP contribution in [0, 0.1) is 5.92 Å². The highest BCUT2D eigenvalue weighted by atomic mass is 32.2. The fourth-order valence-electron chi connectivity index (χ4n) is 2.34. The van der Waals surface area contributed by atoms with E-state index in [1.807, 2.05) is 13.8 Å². The third-order valence-electron chi connectivity index (χ3n) is 3.53. The molecular formula is C18H20F2N2O4S. The van der Waals surface area contributed by atoms with Gasteiger partial charge in [-0.1, -0.05) is 26.0 Å². The van der Waals surface area contributed by atoms with Crippen molar-refractivity contribution in [3.8, 4) is 5.75 Å². The summed E-state index contributed by atoms with van der Waals surface area (Å²) in [5.41, 5.74) is 0.576. The number of carbonyl (C=O) groups is 3. The van der Waals surface area contributed by atoms with Gasteiger partial charge in [0.05, 0.1) is 4.91 Å². The number of imide groups is 1. The molecule has 0 saturated carbocycles. The topological polar surface area (TPSA) is 75.7 Å². The monoisotopic (exact) mass is 398 g/mol. The lowest BCUT2D eigenvalue weighted by Crippen LogP contribution is -2.37. The van der Waals surface area contributed by atoms with E-state index in [9.17, 15) is 23.2 Å². The Morgan fingerprint density at radius 1 is 1.26 bits per heavy atom. The van der Waals surface area contributed by atoms with Crippen LogP contribution in [-0.4, -0.2) is 41.7 Å². The molecule has 9 heteroatoms. The molecule has 0 bridgehead atoms. The molecule has 0 aliphatic carbocycles. The Labute approximate surface area is 159 Å². The van der Waals surface area contributed by atoms with Gasteiger partial charge in [0.1, 0.15) is 5.75 Å². The fourth-order valence-corrected chi connectivity index (χ4v) is 3.20. The van der Waals surface area contributed by atoms with Crippen LogP contribution in [0.15, 0.2) is 29.2 Å². The molecule has 1 aliphatic heterocycles. The number of benzene rings is 1. The largest absolute Gasteiger partial charge is 0.435 e. The molecule has 0 spiro atoms. The molecule has 3 amide bonds. The normalized spacial score (nSPS) is 15.9. The number of rotatable bonds is 8. The van der Waals surface area contributed by atoms with E-state index in [1.165, 1.54) is 30.3 Å². The first-order chi connectivity index (χ1) is 12.8. The maximum Gasteiger partial charge on any atom is 0.387 e. The lowest BCUT2D eigenvalue weighted by Gasteiger charge is -2.13. The molecule has 1 N–H and O–H groups in total. The zero-order chi connectivity index (χ0) is 20.0. The van der Waals surface area contributed by atoms with E-state index >= 15 is 0 Å². The minimum absolute atomic E-state index is 0.00685. The Morgan fingerprint density at radius 2 is 1.93 bits per heavy atom. The van der Waals surface area contributed by atoms with Gasteiger partial charge in [-0.25, -0.2) is 0 Å². The second-order valence-corrected chi connectivity index (χ2v) is 7.22. The average Bonchev–Trinajstić information content (AvgIpc) is 2.83. The van der Waals surface area contributed by atoms with E-state index in [0.29, 0.717) is 12.0 Å². The van der Waals surface area contributed by atoms with Crippen molar-refractivity contribution in [2.24, 2.45) is 5.92 Å². The van der Waals surface area contributed by atoms with Crippen LogP contribution in [0.1, 0.15) is 25.8 Å². The molecule has 0 unspecified atom stereocenters. The number of ether oxygens (including phenoxy) is 1. The van der Waals surface area contributed by atoms with Crippen molar-refractivity contribution in [1.82, 2.24) is 10.2 Å². The van der Waals surface area contributed by atoms with Crippen molar-refractivity contribution >= 4 is 34.9 Å². The highest BCUT2D eigenvalue weighted by molar-refractivity contribution is 8.18. The summed E-state index contributed by atoms with van der Waals surface area (Å²) in [5.74, 6) is -0.343. The van der Waals surface area contributed by atoms with Gasteiger partial charge < -0.3 is 10.1 Å². The summed E-state index contributed by atoms with van der Waals surface area (Å²) in [5, 5.41) is 2.26. The molecule has 0 aromatic heterocycles. The maximum atomic E-state index is 12.4. The quantitative estimate of drug-likeness (QED) is 0.679. The third kappa shape index (κ3) is 6.35. The number of halogens is 2. The van der Waals surface area contributed by atoms with Gasteiger partial charge in [-0.3, -0.25) is 19.3 Å². The molecule has 6 nitrogen and oxygen atoms in total. The number of carbonyl (C=O) groups excluding carboxylic acids is 3. The van der Waals surface area contributed by atoms with Crippen LogP contribution in [0.5, 0.6) is 5.75 Å². The van der Waals surface area contributed by atoms with Crippen molar-refractivity contribution in [2.75, 3.05) is 13.1 Å². The number of hydrogen-bond acceptors (Lipinski definition) is 5. The number of nitrogens with zero attached hydrogens (tertiary/aromatic N) is 1. The van der Waals surface area contributed by atoms with Gasteiger partial charge in [-0.15, -0.1) is 0 Å². The Balaban J connectivity index is 1.94. The molecule has 1 aromatic rings. The van der Waals surface area contributed by atoms with Gasteiger partial charge in [-0.05, 0) is 41.5 Å². The molecule has 1 aliphatic rings. The predicted molar refractivity (Wildman–Crippen MR) is 98.2 cm³/mol. The molecule has 27 heavy (non-hydrogen) atoms. The SMILES string of the molecule is CC(C)CC(=O)NCCN1C(=O)S/C(=C/c2ccc(OC(F)F)cc2)C1=O. The van der Waals surface area contributed by atoms with Crippen molar-refractivity contribution in [1.29, 1.82) is 0 Å². The van der Waals surface area contributed by atoms with Crippen molar-refractivity contribution in [2.45, 2.75) is 26.9 Å². The van der Waals surface area contributed by atoms with Gasteiger partial charge >= 0.3 is 6.61 Å². The van der Waals surface area contributed by atoms with Gasteiger partial charge in [0.15, 0.2) is 0 Å². The van der Waals surface area contributed by atoms with Crippen LogP contribution in [0.2, 0.25) is 0 Å². The molecule has 2 rings (SSSR count). The number of alkyl halides is 2. The van der Waals surface area contributed by atoms with E-state index in [2.05, 4.69) is 10.1 Å². The standard InChI is InChI=1S/C18H20F2N2O4S/c1-11(2)9-15(23)21-7-8-22-16(24)14(27-18(22)25)10-12-3-5-13(6-4-12)26-17(19)20/h3-6,10-11,17H,7-9H2,1-2H3,(H,21,23)/b14-10+. The zero-order valence-electron chi connectivity index (χ0n) is 14.9. The van der Waals surface area contributed by atoms with E-state index in [4.69, 9.17) is 0 Å². The lowest BCUT2D eigenvalue weighted by molar-refractivity contribution is -0.124. The van der Waals surface area contributed by atoms with Crippen LogP contribution in [0.3, 0.4) is 0 Å².